The molecule has 0 unspecified atom stereocenters. The molecule has 0 saturated carbocycles. The van der Waals surface area contributed by atoms with Crippen LogP contribution in [0.2, 0.25) is 0 Å². The Balaban J connectivity index is 1.30. The van der Waals surface area contributed by atoms with Crippen molar-refractivity contribution in [1.29, 1.82) is 0 Å². The molecule has 1 fully saturated rings. The highest BCUT2D eigenvalue weighted by atomic mass is 32.2. The van der Waals surface area contributed by atoms with E-state index in [2.05, 4.69) is 0 Å². The zero-order valence-electron chi connectivity index (χ0n) is 19.7. The molecule has 9 heteroatoms. The summed E-state index contributed by atoms with van der Waals surface area (Å²) in [5.74, 6) is 0.0471. The van der Waals surface area contributed by atoms with Gasteiger partial charge in [-0.25, -0.2) is 12.8 Å². The second-order valence-electron chi connectivity index (χ2n) is 8.39. The summed E-state index contributed by atoms with van der Waals surface area (Å²) in [5.41, 5.74) is 2.01. The second-order valence-corrected chi connectivity index (χ2v) is 10.4. The first-order valence-corrected chi connectivity index (χ1v) is 12.8. The minimum atomic E-state index is -3.68. The van der Waals surface area contributed by atoms with Crippen LogP contribution in [-0.4, -0.2) is 59.1 Å². The molecule has 184 valence electrons. The lowest BCUT2D eigenvalue weighted by atomic mass is 10.2. The van der Waals surface area contributed by atoms with E-state index in [9.17, 15) is 17.6 Å². The molecular weight excluding hydrogens is 469 g/mol. The third-order valence-electron chi connectivity index (χ3n) is 6.07. The summed E-state index contributed by atoms with van der Waals surface area (Å²) < 4.78 is 46.6. The molecule has 0 N–H and O–H groups in total. The number of halogens is 1. The lowest BCUT2D eigenvalue weighted by Gasteiger charge is -2.36. The molecule has 0 bridgehead atoms. The summed E-state index contributed by atoms with van der Waals surface area (Å²) in [7, 11) is -2.19. The van der Waals surface area contributed by atoms with Crippen LogP contribution < -0.4 is 13.9 Å². The lowest BCUT2D eigenvalue weighted by Crippen LogP contribution is -2.50. The van der Waals surface area contributed by atoms with Crippen LogP contribution >= 0.6 is 0 Å². The summed E-state index contributed by atoms with van der Waals surface area (Å²) in [5, 5.41) is 0. The van der Waals surface area contributed by atoms with Crippen molar-refractivity contribution in [3.63, 3.8) is 0 Å². The summed E-state index contributed by atoms with van der Waals surface area (Å²) in [4.78, 5) is 16.4. The van der Waals surface area contributed by atoms with Crippen LogP contribution in [-0.2, 0) is 14.8 Å². The second kappa shape index (κ2) is 10.4. The molecule has 3 aromatic carbocycles. The van der Waals surface area contributed by atoms with Gasteiger partial charge in [0.1, 0.15) is 11.6 Å². The Morgan fingerprint density at radius 1 is 0.943 bits per heavy atom. The monoisotopic (exact) mass is 497 g/mol. The van der Waals surface area contributed by atoms with E-state index in [-0.39, 0.29) is 23.2 Å². The fraction of sp³-hybridized carbons (Fsp3) is 0.269. The zero-order chi connectivity index (χ0) is 25.0. The number of hydrogen-bond acceptors (Lipinski definition) is 5. The molecule has 35 heavy (non-hydrogen) atoms. The van der Waals surface area contributed by atoms with Gasteiger partial charge in [-0.15, -0.1) is 0 Å². The van der Waals surface area contributed by atoms with Crippen LogP contribution in [0.4, 0.5) is 15.8 Å². The lowest BCUT2D eigenvalue weighted by molar-refractivity contribution is -0.133. The van der Waals surface area contributed by atoms with E-state index in [4.69, 9.17) is 4.74 Å². The smallest absolute Gasteiger partial charge is 0.264 e. The predicted molar refractivity (Wildman–Crippen MR) is 134 cm³/mol. The number of hydrogen-bond donors (Lipinski definition) is 0. The number of piperazine rings is 1. The van der Waals surface area contributed by atoms with Gasteiger partial charge in [0.05, 0.1) is 16.3 Å². The Bertz CT molecular complexity index is 1270. The Labute approximate surface area is 205 Å². The van der Waals surface area contributed by atoms with Gasteiger partial charge >= 0.3 is 0 Å². The van der Waals surface area contributed by atoms with Crippen LogP contribution in [0, 0.1) is 12.7 Å². The molecule has 1 saturated heterocycles. The number of amides is 1. The van der Waals surface area contributed by atoms with Crippen molar-refractivity contribution in [2.24, 2.45) is 0 Å². The van der Waals surface area contributed by atoms with E-state index in [1.165, 1.54) is 17.4 Å². The minimum absolute atomic E-state index is 0.128. The molecule has 3 aromatic rings. The topological polar surface area (TPSA) is 70.2 Å². The van der Waals surface area contributed by atoms with Gasteiger partial charge in [-0.1, -0.05) is 29.8 Å². The van der Waals surface area contributed by atoms with Crippen LogP contribution in [0.3, 0.4) is 0 Å². The van der Waals surface area contributed by atoms with Gasteiger partial charge in [0.2, 0.25) is 0 Å². The first kappa shape index (κ1) is 24.5. The maximum absolute atomic E-state index is 14.0. The van der Waals surface area contributed by atoms with Gasteiger partial charge < -0.3 is 14.5 Å². The molecule has 1 aliphatic rings. The Hall–Kier alpha value is -3.59. The molecule has 0 atom stereocenters. The van der Waals surface area contributed by atoms with Crippen LogP contribution in [0.25, 0.3) is 0 Å². The van der Waals surface area contributed by atoms with E-state index < -0.39 is 10.0 Å². The minimum Gasteiger partial charge on any atom is -0.484 e. The van der Waals surface area contributed by atoms with Gasteiger partial charge in [0, 0.05) is 33.2 Å². The number of ether oxygens (including phenoxy) is 1. The van der Waals surface area contributed by atoms with Gasteiger partial charge in [0.25, 0.3) is 15.9 Å². The normalized spacial score (nSPS) is 14.0. The number of nitrogens with zero attached hydrogens (tertiary/aromatic N) is 3. The summed E-state index contributed by atoms with van der Waals surface area (Å²) in [6.45, 7) is 3.83. The van der Waals surface area contributed by atoms with Crippen molar-refractivity contribution in [3.8, 4) is 5.75 Å². The van der Waals surface area contributed by atoms with Crippen LogP contribution in [0.5, 0.6) is 5.75 Å². The highest BCUT2D eigenvalue weighted by Gasteiger charge is 2.24. The number of carbonyl (C=O) groups is 1. The highest BCUT2D eigenvalue weighted by Crippen LogP contribution is 2.25. The fourth-order valence-corrected chi connectivity index (χ4v) is 5.10. The number of para-hydroxylation sites is 1. The number of anilines is 2. The number of benzene rings is 3. The molecular formula is C26H28FN3O4S. The Morgan fingerprint density at radius 2 is 1.57 bits per heavy atom. The van der Waals surface area contributed by atoms with E-state index in [1.807, 2.05) is 11.8 Å². The standard InChI is InChI=1S/C26H28FN3O4S/c1-20-7-13-23(14-8-20)35(32,33)28(2)21-9-11-22(12-10-21)34-19-26(31)30-17-15-29(16-18-30)25-6-4-3-5-24(25)27/h3-14H,15-19H2,1-2H3. The Morgan fingerprint density at radius 3 is 2.20 bits per heavy atom. The molecule has 0 aliphatic carbocycles. The predicted octanol–water partition coefficient (Wildman–Crippen LogP) is 3.69. The maximum Gasteiger partial charge on any atom is 0.264 e. The molecule has 1 heterocycles. The quantitative estimate of drug-likeness (QED) is 0.498. The van der Waals surface area contributed by atoms with Crippen molar-refractivity contribution in [3.05, 3.63) is 84.2 Å². The number of rotatable bonds is 7. The SMILES string of the molecule is Cc1ccc(S(=O)(=O)N(C)c2ccc(OCC(=O)N3CCN(c4ccccc4F)CC3)cc2)cc1. The fourth-order valence-electron chi connectivity index (χ4n) is 3.90. The maximum atomic E-state index is 14.0. The van der Waals surface area contributed by atoms with E-state index in [1.54, 1.807) is 71.6 Å². The zero-order valence-corrected chi connectivity index (χ0v) is 20.5. The Kier molecular flexibility index (Phi) is 7.25. The summed E-state index contributed by atoms with van der Waals surface area (Å²) in [6, 6.07) is 19.9. The van der Waals surface area contributed by atoms with Gasteiger partial charge in [-0.05, 0) is 55.5 Å². The van der Waals surface area contributed by atoms with Crippen LogP contribution in [0.1, 0.15) is 5.56 Å². The third-order valence-corrected chi connectivity index (χ3v) is 7.87. The van der Waals surface area contributed by atoms with Crippen molar-refractivity contribution in [1.82, 2.24) is 4.90 Å². The van der Waals surface area contributed by atoms with Gasteiger partial charge in [-0.2, -0.15) is 0 Å². The first-order valence-electron chi connectivity index (χ1n) is 11.3. The van der Waals surface area contributed by atoms with Crippen LogP contribution in [0.15, 0.2) is 77.7 Å². The van der Waals surface area contributed by atoms with Crippen molar-refractivity contribution in [2.45, 2.75) is 11.8 Å². The molecule has 0 aromatic heterocycles. The van der Waals surface area contributed by atoms with Crippen molar-refractivity contribution < 1.29 is 22.3 Å². The largest absolute Gasteiger partial charge is 0.484 e. The summed E-state index contributed by atoms with van der Waals surface area (Å²) >= 11 is 0. The molecule has 4 rings (SSSR count). The highest BCUT2D eigenvalue weighted by molar-refractivity contribution is 7.92. The van der Waals surface area contributed by atoms with E-state index >= 15 is 0 Å². The number of carbonyl (C=O) groups excluding carboxylic acids is 1. The average molecular weight is 498 g/mol. The summed E-state index contributed by atoms with van der Waals surface area (Å²) in [6.07, 6.45) is 0. The molecule has 1 amide bonds. The van der Waals surface area contributed by atoms with Crippen molar-refractivity contribution in [2.75, 3.05) is 49.0 Å². The number of aryl methyl sites for hydroxylation is 1. The average Bonchev–Trinajstić information content (AvgIpc) is 2.88. The van der Waals surface area contributed by atoms with Gasteiger partial charge in [-0.3, -0.25) is 9.10 Å². The first-order chi connectivity index (χ1) is 16.8. The van der Waals surface area contributed by atoms with E-state index in [0.29, 0.717) is 43.3 Å². The van der Waals surface area contributed by atoms with Crippen molar-refractivity contribution >= 4 is 27.3 Å². The number of sulfonamides is 1. The molecule has 1 aliphatic heterocycles. The van der Waals surface area contributed by atoms with E-state index in [0.717, 1.165) is 5.56 Å². The third kappa shape index (κ3) is 5.57. The molecule has 0 spiro atoms. The molecule has 0 radical (unpaired) electrons. The van der Waals surface area contributed by atoms with Gasteiger partial charge in [0.15, 0.2) is 6.61 Å². The molecule has 7 nitrogen and oxygen atoms in total.